The Balaban J connectivity index is 1.78. The number of thiazole rings is 1. The Kier molecular flexibility index (Phi) is 4.43. The molecule has 1 aromatic heterocycles. The largest absolute Gasteiger partial charge is 0.382 e. The lowest BCUT2D eigenvalue weighted by Gasteiger charge is -2.40. The predicted octanol–water partition coefficient (Wildman–Crippen LogP) is 4.16. The maximum Gasteiger partial charge on any atom is 0.150 e. The highest BCUT2D eigenvalue weighted by molar-refractivity contribution is 8.00. The molecule has 1 aliphatic heterocycles. The highest BCUT2D eigenvalue weighted by atomic mass is 32.2. The van der Waals surface area contributed by atoms with Gasteiger partial charge in [0.1, 0.15) is 0 Å². The molecule has 0 spiro atoms. The molecule has 5 heteroatoms. The van der Waals surface area contributed by atoms with Crippen LogP contribution in [0.5, 0.6) is 0 Å². The molecule has 3 atom stereocenters. The third-order valence-corrected chi connectivity index (χ3v) is 6.51. The molecule has 1 aromatic carbocycles. The van der Waals surface area contributed by atoms with Crippen LogP contribution in [0.2, 0.25) is 0 Å². The monoisotopic (exact) mass is 321 g/mol. The summed E-state index contributed by atoms with van der Waals surface area (Å²) in [5, 5.41) is 3.75. The molecule has 0 aliphatic carbocycles. The van der Waals surface area contributed by atoms with Crippen molar-refractivity contribution in [3.8, 4) is 0 Å². The van der Waals surface area contributed by atoms with E-state index in [0.29, 0.717) is 18.0 Å². The second-order valence-electron chi connectivity index (χ2n) is 6.12. The van der Waals surface area contributed by atoms with Gasteiger partial charge >= 0.3 is 0 Å². The van der Waals surface area contributed by atoms with E-state index < -0.39 is 0 Å². The highest BCUT2D eigenvalue weighted by Gasteiger charge is 2.28. The molecular formula is C16H23N3S2. The zero-order valence-corrected chi connectivity index (χ0v) is 14.7. The first-order chi connectivity index (χ1) is 10.1. The van der Waals surface area contributed by atoms with Gasteiger partial charge in [-0.2, -0.15) is 0 Å². The van der Waals surface area contributed by atoms with E-state index in [4.69, 9.17) is 0 Å². The molecule has 2 aromatic rings. The van der Waals surface area contributed by atoms with Gasteiger partial charge in [0, 0.05) is 24.3 Å². The summed E-state index contributed by atoms with van der Waals surface area (Å²) in [5.41, 5.74) is 2.34. The summed E-state index contributed by atoms with van der Waals surface area (Å²) in [6.07, 6.45) is 3.28. The van der Waals surface area contributed by atoms with E-state index in [2.05, 4.69) is 60.6 Å². The number of benzene rings is 1. The molecule has 3 nitrogen and oxygen atoms in total. The molecule has 2 heterocycles. The van der Waals surface area contributed by atoms with Crippen molar-refractivity contribution < 1.29 is 0 Å². The molecule has 1 fully saturated rings. The van der Waals surface area contributed by atoms with Crippen molar-refractivity contribution >= 4 is 39.0 Å². The maximum atomic E-state index is 4.60. The summed E-state index contributed by atoms with van der Waals surface area (Å²) in [6, 6.07) is 7.76. The van der Waals surface area contributed by atoms with Gasteiger partial charge in [-0.25, -0.2) is 4.98 Å². The van der Waals surface area contributed by atoms with Crippen molar-refractivity contribution in [2.45, 2.75) is 36.7 Å². The smallest absolute Gasteiger partial charge is 0.150 e. The summed E-state index contributed by atoms with van der Waals surface area (Å²) in [7, 11) is 2.23. The van der Waals surface area contributed by atoms with Crippen molar-refractivity contribution in [1.82, 2.24) is 9.88 Å². The van der Waals surface area contributed by atoms with E-state index in [1.807, 2.05) is 0 Å². The van der Waals surface area contributed by atoms with E-state index in [1.54, 1.807) is 23.1 Å². The Bertz CT molecular complexity index is 625. The average molecular weight is 322 g/mol. The summed E-state index contributed by atoms with van der Waals surface area (Å²) < 4.78 is 2.42. The first-order valence-electron chi connectivity index (χ1n) is 7.48. The van der Waals surface area contributed by atoms with Gasteiger partial charge in [0.25, 0.3) is 0 Å². The van der Waals surface area contributed by atoms with Crippen LogP contribution in [0.25, 0.3) is 10.2 Å². The fraction of sp³-hybridized carbons (Fsp3) is 0.562. The molecule has 0 amide bonds. The molecule has 0 saturated carbocycles. The molecule has 3 rings (SSSR count). The summed E-state index contributed by atoms with van der Waals surface area (Å²) >= 11 is 3.50. The third-order valence-electron chi connectivity index (χ3n) is 4.51. The van der Waals surface area contributed by atoms with E-state index in [9.17, 15) is 0 Å². The van der Waals surface area contributed by atoms with E-state index in [1.165, 1.54) is 16.8 Å². The number of hydrogen-bond acceptors (Lipinski definition) is 5. The van der Waals surface area contributed by atoms with Crippen LogP contribution < -0.4 is 5.32 Å². The van der Waals surface area contributed by atoms with E-state index >= 15 is 0 Å². The van der Waals surface area contributed by atoms with Gasteiger partial charge in [-0.15, -0.1) is 11.3 Å². The Morgan fingerprint density at radius 3 is 2.95 bits per heavy atom. The Morgan fingerprint density at radius 2 is 2.19 bits per heavy atom. The van der Waals surface area contributed by atoms with Crippen molar-refractivity contribution in [3.63, 3.8) is 0 Å². The minimum absolute atomic E-state index is 0.557. The van der Waals surface area contributed by atoms with E-state index in [-0.39, 0.29) is 0 Å². The minimum Gasteiger partial charge on any atom is -0.382 e. The molecule has 0 radical (unpaired) electrons. The molecule has 0 bridgehead atoms. The van der Waals surface area contributed by atoms with Crippen LogP contribution in [0.4, 0.5) is 5.69 Å². The number of anilines is 1. The van der Waals surface area contributed by atoms with Crippen LogP contribution >= 0.6 is 23.1 Å². The zero-order chi connectivity index (χ0) is 15.0. The number of likely N-dealkylation sites (tertiary alicyclic amines) is 1. The lowest BCUT2D eigenvalue weighted by Crippen LogP contribution is -2.48. The van der Waals surface area contributed by atoms with Crippen LogP contribution in [0.1, 0.15) is 20.3 Å². The highest BCUT2D eigenvalue weighted by Crippen LogP contribution is 2.31. The Labute approximate surface area is 135 Å². The number of thioether (sulfide) groups is 1. The Morgan fingerprint density at radius 1 is 1.38 bits per heavy atom. The van der Waals surface area contributed by atoms with Crippen molar-refractivity contribution in [2.24, 2.45) is 5.92 Å². The zero-order valence-electron chi connectivity index (χ0n) is 13.1. The van der Waals surface area contributed by atoms with Crippen LogP contribution in [-0.2, 0) is 0 Å². The molecule has 21 heavy (non-hydrogen) atoms. The molecule has 114 valence electrons. The third kappa shape index (κ3) is 3.20. The summed E-state index contributed by atoms with van der Waals surface area (Å²) in [4.78, 5) is 7.06. The van der Waals surface area contributed by atoms with Gasteiger partial charge < -0.3 is 10.2 Å². The lowest BCUT2D eigenvalue weighted by molar-refractivity contribution is 0.145. The predicted molar refractivity (Wildman–Crippen MR) is 94.7 cm³/mol. The SMILES string of the molecule is CSc1nc2ccc(NC3CC(C)N(C)CC3C)cc2s1. The second kappa shape index (κ2) is 6.15. The van der Waals surface area contributed by atoms with Crippen LogP contribution in [0, 0.1) is 5.92 Å². The van der Waals surface area contributed by atoms with Gasteiger partial charge in [-0.1, -0.05) is 18.7 Å². The van der Waals surface area contributed by atoms with Gasteiger partial charge in [0.15, 0.2) is 4.34 Å². The number of nitrogens with one attached hydrogen (secondary N) is 1. The van der Waals surface area contributed by atoms with Gasteiger partial charge in [0.2, 0.25) is 0 Å². The average Bonchev–Trinajstić information content (AvgIpc) is 2.87. The first kappa shape index (κ1) is 15.1. The summed E-state index contributed by atoms with van der Waals surface area (Å²) in [5.74, 6) is 0.671. The number of nitrogens with zero attached hydrogens (tertiary/aromatic N) is 2. The number of rotatable bonds is 3. The van der Waals surface area contributed by atoms with Gasteiger partial charge in [-0.05, 0) is 50.8 Å². The van der Waals surface area contributed by atoms with Crippen LogP contribution in [0.15, 0.2) is 22.5 Å². The fourth-order valence-electron chi connectivity index (χ4n) is 3.04. The van der Waals surface area contributed by atoms with E-state index in [0.717, 1.165) is 16.4 Å². The fourth-order valence-corrected chi connectivity index (χ4v) is 4.57. The lowest BCUT2D eigenvalue weighted by atomic mass is 9.89. The van der Waals surface area contributed by atoms with Gasteiger partial charge in [-0.3, -0.25) is 0 Å². The molecule has 1 saturated heterocycles. The van der Waals surface area contributed by atoms with Crippen LogP contribution in [-0.4, -0.2) is 41.8 Å². The molecule has 1 aliphatic rings. The number of fused-ring (bicyclic) bond motifs is 1. The van der Waals surface area contributed by atoms with Crippen molar-refractivity contribution in [2.75, 3.05) is 25.2 Å². The van der Waals surface area contributed by atoms with Crippen molar-refractivity contribution in [1.29, 1.82) is 0 Å². The number of piperidine rings is 1. The Hall–Kier alpha value is -0.780. The minimum atomic E-state index is 0.557. The van der Waals surface area contributed by atoms with Gasteiger partial charge in [0.05, 0.1) is 10.2 Å². The first-order valence-corrected chi connectivity index (χ1v) is 9.52. The summed E-state index contributed by atoms with van der Waals surface area (Å²) in [6.45, 7) is 5.83. The number of hydrogen-bond donors (Lipinski definition) is 1. The maximum absolute atomic E-state index is 4.60. The number of aromatic nitrogens is 1. The normalized spacial score (nSPS) is 27.1. The molecular weight excluding hydrogens is 298 g/mol. The quantitative estimate of drug-likeness (QED) is 0.859. The van der Waals surface area contributed by atoms with Crippen molar-refractivity contribution in [3.05, 3.63) is 18.2 Å². The standard InChI is InChI=1S/C16H23N3S2/c1-10-9-19(3)11(2)7-14(10)17-12-5-6-13-15(8-12)21-16(18-13)20-4/h5-6,8,10-11,14,17H,7,9H2,1-4H3. The second-order valence-corrected chi connectivity index (χ2v) is 8.20. The molecule has 3 unspecified atom stereocenters. The molecule has 1 N–H and O–H groups in total. The topological polar surface area (TPSA) is 28.2 Å². The van der Waals surface area contributed by atoms with Crippen LogP contribution in [0.3, 0.4) is 0 Å².